The Morgan fingerprint density at radius 3 is 2.48 bits per heavy atom. The van der Waals surface area contributed by atoms with Gasteiger partial charge in [0.15, 0.2) is 0 Å². The smallest absolute Gasteiger partial charge is 0.255 e. The summed E-state index contributed by atoms with van der Waals surface area (Å²) in [4.78, 5) is 31.2. The fraction of sp³-hybridized carbons (Fsp3) is 0.333. The molecule has 1 aliphatic rings. The summed E-state index contributed by atoms with van der Waals surface area (Å²) in [5.41, 5.74) is 1.42. The van der Waals surface area contributed by atoms with Crippen molar-refractivity contribution in [3.63, 3.8) is 0 Å². The highest BCUT2D eigenvalue weighted by Crippen LogP contribution is 2.23. The quantitative estimate of drug-likeness (QED) is 0.908. The van der Waals surface area contributed by atoms with E-state index in [0.29, 0.717) is 42.5 Å². The highest BCUT2D eigenvalue weighted by molar-refractivity contribution is 6.31. The number of carbonyl (C=O) groups is 2. The number of aromatic amines is 1. The molecule has 6 nitrogen and oxygen atoms in total. The summed E-state index contributed by atoms with van der Waals surface area (Å²) in [6, 6.07) is 7.07. The van der Waals surface area contributed by atoms with Crippen molar-refractivity contribution >= 4 is 23.4 Å². The second-order valence-corrected chi connectivity index (χ2v) is 6.31. The molecule has 1 N–H and O–H groups in total. The fourth-order valence-electron chi connectivity index (χ4n) is 2.87. The zero-order valence-corrected chi connectivity index (χ0v) is 14.8. The lowest BCUT2D eigenvalue weighted by Crippen LogP contribution is -2.50. The van der Waals surface area contributed by atoms with E-state index in [2.05, 4.69) is 4.98 Å². The van der Waals surface area contributed by atoms with Gasteiger partial charge in [-0.15, -0.1) is 0 Å². The molecule has 1 aromatic carbocycles. The molecule has 2 amide bonds. The minimum atomic E-state index is -0.00783. The van der Waals surface area contributed by atoms with E-state index in [9.17, 15) is 9.59 Å². The van der Waals surface area contributed by atoms with E-state index < -0.39 is 0 Å². The van der Waals surface area contributed by atoms with Crippen molar-refractivity contribution in [3.8, 4) is 5.75 Å². The van der Waals surface area contributed by atoms with Crippen LogP contribution in [-0.2, 0) is 11.2 Å². The van der Waals surface area contributed by atoms with Crippen LogP contribution in [0.5, 0.6) is 5.75 Å². The summed E-state index contributed by atoms with van der Waals surface area (Å²) in [7, 11) is 1.57. The van der Waals surface area contributed by atoms with Crippen LogP contribution < -0.4 is 4.74 Å². The van der Waals surface area contributed by atoms with E-state index in [-0.39, 0.29) is 18.2 Å². The lowest BCUT2D eigenvalue weighted by Gasteiger charge is -2.34. The Kier molecular flexibility index (Phi) is 5.28. The van der Waals surface area contributed by atoms with Crippen molar-refractivity contribution in [1.82, 2.24) is 14.8 Å². The second-order valence-electron chi connectivity index (χ2n) is 5.91. The minimum absolute atomic E-state index is 0.00783. The summed E-state index contributed by atoms with van der Waals surface area (Å²) in [6.45, 7) is 2.13. The van der Waals surface area contributed by atoms with Crippen LogP contribution >= 0.6 is 11.6 Å². The first-order valence-corrected chi connectivity index (χ1v) is 8.48. The molecule has 0 atom stereocenters. The zero-order valence-electron chi connectivity index (χ0n) is 14.0. The van der Waals surface area contributed by atoms with Gasteiger partial charge in [-0.1, -0.05) is 17.7 Å². The molecule has 1 aromatic heterocycles. The average molecular weight is 362 g/mol. The maximum Gasteiger partial charge on any atom is 0.255 e. The number of benzene rings is 1. The van der Waals surface area contributed by atoms with Gasteiger partial charge in [-0.05, 0) is 23.8 Å². The number of piperazine rings is 1. The van der Waals surface area contributed by atoms with Gasteiger partial charge in [0, 0.05) is 43.6 Å². The van der Waals surface area contributed by atoms with Gasteiger partial charge in [-0.2, -0.15) is 0 Å². The number of aromatic nitrogens is 1. The van der Waals surface area contributed by atoms with Crippen LogP contribution in [0.3, 0.4) is 0 Å². The molecule has 0 saturated carbocycles. The maximum absolute atomic E-state index is 12.5. The van der Waals surface area contributed by atoms with Crippen molar-refractivity contribution in [3.05, 3.63) is 52.8 Å². The Bertz CT molecular complexity index is 753. The third-order valence-electron chi connectivity index (χ3n) is 4.37. The number of carbonyl (C=O) groups excluding carboxylic acids is 2. The van der Waals surface area contributed by atoms with Crippen LogP contribution in [0, 0.1) is 0 Å². The van der Waals surface area contributed by atoms with E-state index in [4.69, 9.17) is 16.3 Å². The second kappa shape index (κ2) is 7.61. The number of ether oxygens (including phenoxy) is 1. The molecule has 0 spiro atoms. The van der Waals surface area contributed by atoms with Crippen LogP contribution in [0.25, 0.3) is 0 Å². The number of methoxy groups -OCH3 is 1. The molecule has 0 aliphatic carbocycles. The van der Waals surface area contributed by atoms with Crippen molar-refractivity contribution in [1.29, 1.82) is 0 Å². The molecule has 0 bridgehead atoms. The maximum atomic E-state index is 12.5. The van der Waals surface area contributed by atoms with E-state index >= 15 is 0 Å². The van der Waals surface area contributed by atoms with Crippen molar-refractivity contribution in [2.45, 2.75) is 6.42 Å². The molecule has 25 heavy (non-hydrogen) atoms. The van der Waals surface area contributed by atoms with Crippen molar-refractivity contribution < 1.29 is 14.3 Å². The lowest BCUT2D eigenvalue weighted by atomic mass is 10.1. The number of hydrogen-bond donors (Lipinski definition) is 1. The predicted octanol–water partition coefficient (Wildman–Crippen LogP) is 2.20. The molecule has 7 heteroatoms. The van der Waals surface area contributed by atoms with E-state index in [1.807, 2.05) is 6.07 Å². The molecule has 1 aliphatic heterocycles. The topological polar surface area (TPSA) is 65.6 Å². The van der Waals surface area contributed by atoms with E-state index in [1.54, 1.807) is 47.5 Å². The first-order chi connectivity index (χ1) is 12.1. The van der Waals surface area contributed by atoms with Gasteiger partial charge in [0.25, 0.3) is 5.91 Å². The normalized spacial score (nSPS) is 14.5. The number of halogens is 1. The number of hydrogen-bond acceptors (Lipinski definition) is 3. The first-order valence-electron chi connectivity index (χ1n) is 8.10. The zero-order chi connectivity index (χ0) is 17.8. The van der Waals surface area contributed by atoms with Gasteiger partial charge >= 0.3 is 0 Å². The molecule has 2 aromatic rings. The molecule has 3 rings (SSSR count). The number of H-pyrrole nitrogens is 1. The number of nitrogens with zero attached hydrogens (tertiary/aromatic N) is 2. The Labute approximate surface area is 151 Å². The Hall–Kier alpha value is -2.47. The number of nitrogens with one attached hydrogen (secondary N) is 1. The molecular formula is C18H20ClN3O3. The first kappa shape index (κ1) is 17.4. The third-order valence-corrected chi connectivity index (χ3v) is 4.72. The molecule has 0 radical (unpaired) electrons. The highest BCUT2D eigenvalue weighted by atomic mass is 35.5. The van der Waals surface area contributed by atoms with Crippen LogP contribution in [-0.4, -0.2) is 59.9 Å². The van der Waals surface area contributed by atoms with Crippen LogP contribution in [0.15, 0.2) is 36.7 Å². The summed E-state index contributed by atoms with van der Waals surface area (Å²) < 4.78 is 5.12. The Morgan fingerprint density at radius 1 is 1.16 bits per heavy atom. The fourth-order valence-corrected chi connectivity index (χ4v) is 3.11. The Balaban J connectivity index is 1.56. The van der Waals surface area contributed by atoms with Crippen LogP contribution in [0.4, 0.5) is 0 Å². The molecule has 132 valence electrons. The minimum Gasteiger partial charge on any atom is -0.497 e. The standard InChI is InChI=1S/C18H20ClN3O3/c1-25-15-3-2-13(16(19)11-15)10-17(23)21-6-8-22(9-7-21)18(24)14-4-5-20-12-14/h2-5,11-12,20H,6-10H2,1H3. The van der Waals surface area contributed by atoms with Gasteiger partial charge in [-0.3, -0.25) is 9.59 Å². The van der Waals surface area contributed by atoms with Crippen molar-refractivity contribution in [2.24, 2.45) is 0 Å². The van der Waals surface area contributed by atoms with Gasteiger partial charge < -0.3 is 19.5 Å². The molecule has 1 saturated heterocycles. The summed E-state index contributed by atoms with van der Waals surface area (Å²) in [5, 5.41) is 0.522. The molecule has 1 fully saturated rings. The van der Waals surface area contributed by atoms with Crippen molar-refractivity contribution in [2.75, 3.05) is 33.3 Å². The summed E-state index contributed by atoms with van der Waals surface area (Å²) in [5.74, 6) is 0.672. The monoisotopic (exact) mass is 361 g/mol. The van der Waals surface area contributed by atoms with E-state index in [0.717, 1.165) is 5.56 Å². The average Bonchev–Trinajstić information content (AvgIpc) is 3.17. The molecular weight excluding hydrogens is 342 g/mol. The molecule has 2 heterocycles. The van der Waals surface area contributed by atoms with Gasteiger partial charge in [-0.25, -0.2) is 0 Å². The van der Waals surface area contributed by atoms with Crippen LogP contribution in [0.1, 0.15) is 15.9 Å². The third kappa shape index (κ3) is 3.96. The predicted molar refractivity (Wildman–Crippen MR) is 95.0 cm³/mol. The van der Waals surface area contributed by atoms with E-state index in [1.165, 1.54) is 0 Å². The summed E-state index contributed by atoms with van der Waals surface area (Å²) >= 11 is 6.21. The number of rotatable bonds is 4. The Morgan fingerprint density at radius 2 is 1.88 bits per heavy atom. The molecule has 0 unspecified atom stereocenters. The van der Waals surface area contributed by atoms with Gasteiger partial charge in [0.05, 0.1) is 19.1 Å². The lowest BCUT2D eigenvalue weighted by molar-refractivity contribution is -0.131. The highest BCUT2D eigenvalue weighted by Gasteiger charge is 2.25. The SMILES string of the molecule is COc1ccc(CC(=O)N2CCN(C(=O)c3cc[nH]c3)CC2)c(Cl)c1. The van der Waals surface area contributed by atoms with Crippen LogP contribution in [0.2, 0.25) is 5.02 Å². The largest absolute Gasteiger partial charge is 0.497 e. The number of amides is 2. The van der Waals surface area contributed by atoms with Gasteiger partial charge in [0.1, 0.15) is 5.75 Å². The summed E-state index contributed by atoms with van der Waals surface area (Å²) in [6.07, 6.45) is 3.66. The van der Waals surface area contributed by atoms with Gasteiger partial charge in [0.2, 0.25) is 5.91 Å².